The van der Waals surface area contributed by atoms with E-state index < -0.39 is 0 Å². The average Bonchev–Trinajstić information content (AvgIpc) is 2.98. The molecule has 3 aromatic rings. The van der Waals surface area contributed by atoms with Crippen LogP contribution in [0, 0.1) is 0 Å². The van der Waals surface area contributed by atoms with Crippen LogP contribution in [0.5, 0.6) is 0 Å². The number of benzene rings is 1. The zero-order valence-corrected chi connectivity index (χ0v) is 13.3. The van der Waals surface area contributed by atoms with Crippen molar-refractivity contribution in [1.82, 2.24) is 14.9 Å². The molecule has 2 aromatic heterocycles. The summed E-state index contributed by atoms with van der Waals surface area (Å²) in [4.78, 5) is 21.3. The van der Waals surface area contributed by atoms with Crippen molar-refractivity contribution in [1.29, 1.82) is 0 Å². The third kappa shape index (κ3) is 3.18. The molecular weight excluding hydrogens is 288 g/mol. The van der Waals surface area contributed by atoms with E-state index in [1.165, 1.54) is 10.9 Å². The predicted molar refractivity (Wildman–Crippen MR) is 92.7 cm³/mol. The normalized spacial score (nSPS) is 10.7. The van der Waals surface area contributed by atoms with E-state index >= 15 is 0 Å². The van der Waals surface area contributed by atoms with Gasteiger partial charge in [0.05, 0.1) is 5.56 Å². The number of amides is 1. The van der Waals surface area contributed by atoms with Crippen LogP contribution in [0.25, 0.3) is 10.9 Å². The highest BCUT2D eigenvalue weighted by molar-refractivity contribution is 5.98. The number of aromatic amines is 1. The Hall–Kier alpha value is -2.82. The van der Waals surface area contributed by atoms with E-state index in [-0.39, 0.29) is 5.91 Å². The summed E-state index contributed by atoms with van der Waals surface area (Å²) >= 11 is 0. The number of carbonyl (C=O) groups excluding carboxylic acids is 1. The van der Waals surface area contributed by atoms with Crippen molar-refractivity contribution in [2.24, 2.45) is 0 Å². The quantitative estimate of drug-likeness (QED) is 0.762. The number of H-pyrrole nitrogens is 1. The van der Waals surface area contributed by atoms with Gasteiger partial charge in [-0.1, -0.05) is 18.2 Å². The van der Waals surface area contributed by atoms with Gasteiger partial charge in [0, 0.05) is 43.9 Å². The average molecular weight is 308 g/mol. The molecule has 1 aromatic carbocycles. The van der Waals surface area contributed by atoms with E-state index in [1.807, 2.05) is 18.3 Å². The molecule has 118 valence electrons. The fourth-order valence-electron chi connectivity index (χ4n) is 2.61. The molecule has 5 heteroatoms. The first-order chi connectivity index (χ1) is 11.2. The largest absolute Gasteiger partial charge is 0.369 e. The second kappa shape index (κ2) is 6.52. The molecule has 23 heavy (non-hydrogen) atoms. The van der Waals surface area contributed by atoms with Crippen LogP contribution in [0.2, 0.25) is 0 Å². The zero-order valence-electron chi connectivity index (χ0n) is 13.3. The van der Waals surface area contributed by atoms with Crippen LogP contribution < -0.4 is 5.32 Å². The van der Waals surface area contributed by atoms with Gasteiger partial charge in [-0.25, -0.2) is 4.98 Å². The standard InChI is InChI=1S/C18H20N4O/c1-22(2)18(23)15-7-5-10-19-17(15)20-11-9-13-12-21-16-8-4-3-6-14(13)16/h3-8,10,12,21H,9,11H2,1-2H3,(H,19,20). The number of nitrogens with zero attached hydrogens (tertiary/aromatic N) is 2. The Morgan fingerprint density at radius 3 is 2.87 bits per heavy atom. The number of para-hydroxylation sites is 1. The topological polar surface area (TPSA) is 61.0 Å². The van der Waals surface area contributed by atoms with E-state index in [2.05, 4.69) is 27.4 Å². The van der Waals surface area contributed by atoms with Crippen molar-refractivity contribution in [3.05, 3.63) is 59.9 Å². The fourth-order valence-corrected chi connectivity index (χ4v) is 2.61. The minimum Gasteiger partial charge on any atom is -0.369 e. The molecule has 0 radical (unpaired) electrons. The number of hydrogen-bond donors (Lipinski definition) is 2. The summed E-state index contributed by atoms with van der Waals surface area (Å²) in [6, 6.07) is 11.8. The van der Waals surface area contributed by atoms with Gasteiger partial charge in [-0.2, -0.15) is 0 Å². The third-order valence-corrected chi connectivity index (χ3v) is 3.81. The van der Waals surface area contributed by atoms with Crippen molar-refractivity contribution in [3.8, 4) is 0 Å². The first-order valence-corrected chi connectivity index (χ1v) is 7.62. The molecule has 0 fully saturated rings. The Balaban J connectivity index is 1.71. The minimum atomic E-state index is -0.0484. The number of aromatic nitrogens is 2. The summed E-state index contributed by atoms with van der Waals surface area (Å²) in [5.74, 6) is 0.582. The predicted octanol–water partition coefficient (Wildman–Crippen LogP) is 2.92. The maximum atomic E-state index is 12.2. The summed E-state index contributed by atoms with van der Waals surface area (Å²) in [7, 11) is 3.48. The number of nitrogens with one attached hydrogen (secondary N) is 2. The van der Waals surface area contributed by atoms with Crippen molar-refractivity contribution in [2.45, 2.75) is 6.42 Å². The number of anilines is 1. The van der Waals surface area contributed by atoms with Gasteiger partial charge in [0.15, 0.2) is 0 Å². The molecule has 2 heterocycles. The van der Waals surface area contributed by atoms with Gasteiger partial charge in [-0.3, -0.25) is 4.79 Å². The lowest BCUT2D eigenvalue weighted by Crippen LogP contribution is -2.23. The molecule has 1 amide bonds. The molecule has 2 N–H and O–H groups in total. The highest BCUT2D eigenvalue weighted by atomic mass is 16.2. The maximum absolute atomic E-state index is 12.2. The van der Waals surface area contributed by atoms with Crippen LogP contribution in [0.1, 0.15) is 15.9 Å². The van der Waals surface area contributed by atoms with Crippen LogP contribution in [0.3, 0.4) is 0 Å². The number of carbonyl (C=O) groups is 1. The Morgan fingerprint density at radius 2 is 2.04 bits per heavy atom. The lowest BCUT2D eigenvalue weighted by atomic mass is 10.1. The van der Waals surface area contributed by atoms with E-state index in [9.17, 15) is 4.79 Å². The van der Waals surface area contributed by atoms with Gasteiger partial charge in [-0.15, -0.1) is 0 Å². The molecule has 0 bridgehead atoms. The molecule has 0 atom stereocenters. The van der Waals surface area contributed by atoms with Crippen LogP contribution in [-0.2, 0) is 6.42 Å². The lowest BCUT2D eigenvalue weighted by molar-refractivity contribution is 0.0828. The van der Waals surface area contributed by atoms with Gasteiger partial charge < -0.3 is 15.2 Å². The van der Waals surface area contributed by atoms with Crippen LogP contribution in [0.4, 0.5) is 5.82 Å². The molecule has 5 nitrogen and oxygen atoms in total. The summed E-state index contributed by atoms with van der Waals surface area (Å²) < 4.78 is 0. The molecule has 3 rings (SSSR count). The first-order valence-electron chi connectivity index (χ1n) is 7.62. The van der Waals surface area contributed by atoms with Crippen molar-refractivity contribution in [3.63, 3.8) is 0 Å². The smallest absolute Gasteiger partial charge is 0.257 e. The van der Waals surface area contributed by atoms with Gasteiger partial charge in [0.1, 0.15) is 5.82 Å². The Labute approximate surface area is 135 Å². The van der Waals surface area contributed by atoms with Crippen LogP contribution >= 0.6 is 0 Å². The summed E-state index contributed by atoms with van der Waals surface area (Å²) in [6.07, 6.45) is 4.59. The molecule has 0 aliphatic carbocycles. The fraction of sp³-hybridized carbons (Fsp3) is 0.222. The SMILES string of the molecule is CN(C)C(=O)c1cccnc1NCCc1c[nH]c2ccccc12. The van der Waals surface area contributed by atoms with Gasteiger partial charge >= 0.3 is 0 Å². The van der Waals surface area contributed by atoms with Crippen molar-refractivity contribution < 1.29 is 4.79 Å². The van der Waals surface area contributed by atoms with Crippen molar-refractivity contribution in [2.75, 3.05) is 26.0 Å². The third-order valence-electron chi connectivity index (χ3n) is 3.81. The Kier molecular flexibility index (Phi) is 4.28. The monoisotopic (exact) mass is 308 g/mol. The summed E-state index contributed by atoms with van der Waals surface area (Å²) in [5, 5.41) is 4.52. The molecule has 0 aliphatic rings. The lowest BCUT2D eigenvalue weighted by Gasteiger charge is -2.14. The number of fused-ring (bicyclic) bond motifs is 1. The molecule has 0 unspecified atom stereocenters. The molecular formula is C18H20N4O. The molecule has 0 spiro atoms. The highest BCUT2D eigenvalue weighted by Crippen LogP contribution is 2.19. The number of pyridine rings is 1. The minimum absolute atomic E-state index is 0.0484. The van der Waals surface area contributed by atoms with Crippen LogP contribution in [0.15, 0.2) is 48.8 Å². The van der Waals surface area contributed by atoms with E-state index in [0.29, 0.717) is 17.9 Å². The van der Waals surface area contributed by atoms with Crippen molar-refractivity contribution >= 4 is 22.6 Å². The van der Waals surface area contributed by atoms with E-state index in [4.69, 9.17) is 0 Å². The number of hydrogen-bond acceptors (Lipinski definition) is 3. The van der Waals surface area contributed by atoms with E-state index in [0.717, 1.165) is 11.9 Å². The summed E-state index contributed by atoms with van der Waals surface area (Å²) in [5.41, 5.74) is 2.99. The molecule has 0 saturated heterocycles. The Bertz CT molecular complexity index is 823. The molecule has 0 aliphatic heterocycles. The first kappa shape index (κ1) is 15.1. The highest BCUT2D eigenvalue weighted by Gasteiger charge is 2.13. The molecule has 0 saturated carbocycles. The Morgan fingerprint density at radius 1 is 1.22 bits per heavy atom. The van der Waals surface area contributed by atoms with Gasteiger partial charge in [-0.05, 0) is 30.2 Å². The second-order valence-electron chi connectivity index (χ2n) is 5.64. The van der Waals surface area contributed by atoms with E-state index in [1.54, 1.807) is 37.3 Å². The number of rotatable bonds is 5. The second-order valence-corrected chi connectivity index (χ2v) is 5.64. The summed E-state index contributed by atoms with van der Waals surface area (Å²) in [6.45, 7) is 0.715. The van der Waals surface area contributed by atoms with Gasteiger partial charge in [0.25, 0.3) is 5.91 Å². The van der Waals surface area contributed by atoms with Gasteiger partial charge in [0.2, 0.25) is 0 Å². The van der Waals surface area contributed by atoms with Crippen LogP contribution in [-0.4, -0.2) is 41.4 Å². The maximum Gasteiger partial charge on any atom is 0.257 e. The zero-order chi connectivity index (χ0) is 16.2.